The lowest BCUT2D eigenvalue weighted by Gasteiger charge is -2.21. The molecule has 0 saturated carbocycles. The van der Waals surface area contributed by atoms with Gasteiger partial charge >= 0.3 is 0 Å². The SMILES string of the molecule is CC(C)Oc1ncccc1-c1noc(C2CCCN2Cc2ccc(F)cc2)n1. The van der Waals surface area contributed by atoms with E-state index in [0.717, 1.165) is 31.5 Å². The first-order chi connectivity index (χ1) is 13.6. The highest BCUT2D eigenvalue weighted by Crippen LogP contribution is 2.34. The van der Waals surface area contributed by atoms with E-state index >= 15 is 0 Å². The lowest BCUT2D eigenvalue weighted by molar-refractivity contribution is 0.201. The molecule has 1 saturated heterocycles. The van der Waals surface area contributed by atoms with Crippen LogP contribution in [-0.2, 0) is 6.54 Å². The maximum atomic E-state index is 13.2. The van der Waals surface area contributed by atoms with Crippen LogP contribution in [0.25, 0.3) is 11.4 Å². The lowest BCUT2D eigenvalue weighted by atomic mass is 10.1. The Kier molecular flexibility index (Phi) is 5.34. The van der Waals surface area contributed by atoms with Gasteiger partial charge in [0.25, 0.3) is 0 Å². The molecule has 2 aromatic heterocycles. The minimum absolute atomic E-state index is 0.000976. The smallest absolute Gasteiger partial charge is 0.244 e. The number of pyridine rings is 1. The van der Waals surface area contributed by atoms with Gasteiger partial charge in [-0.25, -0.2) is 9.37 Å². The van der Waals surface area contributed by atoms with Crippen molar-refractivity contribution in [3.63, 3.8) is 0 Å². The van der Waals surface area contributed by atoms with E-state index in [4.69, 9.17) is 9.26 Å². The molecule has 0 bridgehead atoms. The second-order valence-corrected chi connectivity index (χ2v) is 7.23. The van der Waals surface area contributed by atoms with Crippen molar-refractivity contribution >= 4 is 0 Å². The molecule has 1 aliphatic rings. The third kappa shape index (κ3) is 4.04. The summed E-state index contributed by atoms with van der Waals surface area (Å²) in [5.74, 6) is 1.35. The Morgan fingerprint density at radius 3 is 2.86 bits per heavy atom. The zero-order chi connectivity index (χ0) is 19.5. The standard InChI is InChI=1S/C21H23FN4O2/c1-14(2)27-20-17(5-3-11-23-20)19-24-21(28-25-19)18-6-4-12-26(18)13-15-7-9-16(22)10-8-15/h3,5,7-11,14,18H,4,6,12-13H2,1-2H3. The Morgan fingerprint density at radius 1 is 1.25 bits per heavy atom. The van der Waals surface area contributed by atoms with Crippen molar-refractivity contribution in [2.75, 3.05) is 6.54 Å². The van der Waals surface area contributed by atoms with Crippen LogP contribution in [0.1, 0.15) is 44.2 Å². The van der Waals surface area contributed by atoms with Gasteiger partial charge in [0.2, 0.25) is 17.6 Å². The Labute approximate surface area is 163 Å². The molecule has 1 fully saturated rings. The van der Waals surface area contributed by atoms with Gasteiger partial charge in [0.15, 0.2) is 0 Å². The summed E-state index contributed by atoms with van der Waals surface area (Å²) in [5.41, 5.74) is 1.78. The van der Waals surface area contributed by atoms with E-state index < -0.39 is 0 Å². The fourth-order valence-corrected chi connectivity index (χ4v) is 3.48. The Hall–Kier alpha value is -2.80. The third-order valence-corrected chi connectivity index (χ3v) is 4.75. The molecule has 0 amide bonds. The molecule has 3 heterocycles. The summed E-state index contributed by atoms with van der Waals surface area (Å²) in [4.78, 5) is 11.2. The molecule has 0 aliphatic carbocycles. The molecule has 1 aromatic carbocycles. The molecule has 0 spiro atoms. The predicted octanol–water partition coefficient (Wildman–Crippen LogP) is 4.40. The van der Waals surface area contributed by atoms with Gasteiger partial charge in [-0.2, -0.15) is 4.98 Å². The minimum Gasteiger partial charge on any atom is -0.474 e. The van der Waals surface area contributed by atoms with E-state index in [-0.39, 0.29) is 18.0 Å². The Balaban J connectivity index is 1.54. The second kappa shape index (κ2) is 8.06. The maximum absolute atomic E-state index is 13.2. The highest BCUT2D eigenvalue weighted by atomic mass is 19.1. The van der Waals surface area contributed by atoms with E-state index in [2.05, 4.69) is 20.0 Å². The number of rotatable bonds is 6. The highest BCUT2D eigenvalue weighted by Gasteiger charge is 2.31. The molecule has 7 heteroatoms. The van der Waals surface area contributed by atoms with Gasteiger partial charge in [-0.1, -0.05) is 17.3 Å². The molecule has 0 N–H and O–H groups in total. The molecular weight excluding hydrogens is 359 g/mol. The summed E-state index contributed by atoms with van der Waals surface area (Å²) < 4.78 is 24.5. The van der Waals surface area contributed by atoms with Gasteiger partial charge in [-0.3, -0.25) is 4.90 Å². The van der Waals surface area contributed by atoms with E-state index in [1.165, 1.54) is 12.1 Å². The van der Waals surface area contributed by atoms with Crippen LogP contribution in [0, 0.1) is 5.82 Å². The maximum Gasteiger partial charge on any atom is 0.244 e. The summed E-state index contributed by atoms with van der Waals surface area (Å²) in [5, 5.41) is 4.17. The van der Waals surface area contributed by atoms with Gasteiger partial charge in [0.05, 0.1) is 17.7 Å². The van der Waals surface area contributed by atoms with Crippen molar-refractivity contribution in [2.45, 2.75) is 45.4 Å². The van der Waals surface area contributed by atoms with Gasteiger partial charge in [-0.15, -0.1) is 0 Å². The van der Waals surface area contributed by atoms with Crippen LogP contribution in [0.15, 0.2) is 47.1 Å². The largest absolute Gasteiger partial charge is 0.474 e. The van der Waals surface area contributed by atoms with Crippen LogP contribution in [0.2, 0.25) is 0 Å². The van der Waals surface area contributed by atoms with Crippen molar-refractivity contribution in [1.82, 2.24) is 20.0 Å². The summed E-state index contributed by atoms with van der Waals surface area (Å²) >= 11 is 0. The summed E-state index contributed by atoms with van der Waals surface area (Å²) in [6, 6.07) is 10.4. The summed E-state index contributed by atoms with van der Waals surface area (Å²) in [7, 11) is 0. The quantitative estimate of drug-likeness (QED) is 0.630. The summed E-state index contributed by atoms with van der Waals surface area (Å²) in [6.07, 6.45) is 3.69. The van der Waals surface area contributed by atoms with Gasteiger partial charge in [-0.05, 0) is 63.1 Å². The minimum atomic E-state index is -0.223. The number of aromatic nitrogens is 3. The number of halogens is 1. The first-order valence-electron chi connectivity index (χ1n) is 9.54. The fraction of sp³-hybridized carbons (Fsp3) is 0.381. The van der Waals surface area contributed by atoms with Crippen LogP contribution in [0.3, 0.4) is 0 Å². The van der Waals surface area contributed by atoms with Gasteiger partial charge in [0.1, 0.15) is 5.82 Å². The van der Waals surface area contributed by atoms with E-state index in [1.54, 1.807) is 6.20 Å². The Bertz CT molecular complexity index is 926. The number of hydrogen-bond donors (Lipinski definition) is 0. The third-order valence-electron chi connectivity index (χ3n) is 4.75. The highest BCUT2D eigenvalue weighted by molar-refractivity contribution is 5.60. The van der Waals surface area contributed by atoms with Crippen LogP contribution >= 0.6 is 0 Å². The number of ether oxygens (including phenoxy) is 1. The van der Waals surface area contributed by atoms with Crippen molar-refractivity contribution < 1.29 is 13.7 Å². The molecule has 1 atom stereocenters. The van der Waals surface area contributed by atoms with Crippen molar-refractivity contribution in [2.24, 2.45) is 0 Å². The van der Waals surface area contributed by atoms with Crippen molar-refractivity contribution in [1.29, 1.82) is 0 Å². The van der Waals surface area contributed by atoms with Crippen LogP contribution in [0.4, 0.5) is 4.39 Å². The zero-order valence-electron chi connectivity index (χ0n) is 16.0. The zero-order valence-corrected chi connectivity index (χ0v) is 16.0. The fourth-order valence-electron chi connectivity index (χ4n) is 3.48. The number of likely N-dealkylation sites (tertiary alicyclic amines) is 1. The van der Waals surface area contributed by atoms with Crippen LogP contribution in [-0.4, -0.2) is 32.7 Å². The van der Waals surface area contributed by atoms with Crippen molar-refractivity contribution in [3.8, 4) is 17.3 Å². The first kappa shape index (κ1) is 18.6. The average Bonchev–Trinajstić information content (AvgIpc) is 3.33. The van der Waals surface area contributed by atoms with E-state index in [0.29, 0.717) is 23.2 Å². The molecule has 146 valence electrons. The molecule has 0 radical (unpaired) electrons. The number of benzene rings is 1. The Morgan fingerprint density at radius 2 is 2.07 bits per heavy atom. The molecule has 1 unspecified atom stereocenters. The van der Waals surface area contributed by atoms with Crippen LogP contribution in [0.5, 0.6) is 5.88 Å². The molecule has 1 aliphatic heterocycles. The van der Waals surface area contributed by atoms with Crippen molar-refractivity contribution in [3.05, 3.63) is 59.9 Å². The lowest BCUT2D eigenvalue weighted by Crippen LogP contribution is -2.23. The normalized spacial score (nSPS) is 17.4. The predicted molar refractivity (Wildman–Crippen MR) is 102 cm³/mol. The van der Waals surface area contributed by atoms with Gasteiger partial charge in [0, 0.05) is 12.7 Å². The molecular formula is C21H23FN4O2. The molecule has 6 nitrogen and oxygen atoms in total. The monoisotopic (exact) mass is 382 g/mol. The molecule has 28 heavy (non-hydrogen) atoms. The average molecular weight is 382 g/mol. The number of nitrogens with zero attached hydrogens (tertiary/aromatic N) is 4. The van der Waals surface area contributed by atoms with Gasteiger partial charge < -0.3 is 9.26 Å². The van der Waals surface area contributed by atoms with E-state index in [1.807, 2.05) is 38.1 Å². The topological polar surface area (TPSA) is 64.3 Å². The molecule has 4 rings (SSSR count). The first-order valence-corrected chi connectivity index (χ1v) is 9.54. The summed E-state index contributed by atoms with van der Waals surface area (Å²) in [6.45, 7) is 5.56. The number of hydrogen-bond acceptors (Lipinski definition) is 6. The van der Waals surface area contributed by atoms with Crippen LogP contribution < -0.4 is 4.74 Å². The van der Waals surface area contributed by atoms with E-state index in [9.17, 15) is 4.39 Å². The molecule has 3 aromatic rings. The second-order valence-electron chi connectivity index (χ2n) is 7.23.